The van der Waals surface area contributed by atoms with Crippen LogP contribution in [0.25, 0.3) is 0 Å². The lowest BCUT2D eigenvalue weighted by Gasteiger charge is -2.29. The normalized spacial score (nSPS) is 26.8. The molecule has 0 saturated heterocycles. The number of carbonyl (C=O) groups is 2. The van der Waals surface area contributed by atoms with Crippen LogP contribution in [0.1, 0.15) is 44.7 Å². The first-order chi connectivity index (χ1) is 11.5. The second kappa shape index (κ2) is 6.85. The summed E-state index contributed by atoms with van der Waals surface area (Å²) in [5.74, 6) is -0.00585. The molecular weight excluding hydrogens is 328 g/mol. The van der Waals surface area contributed by atoms with E-state index in [9.17, 15) is 9.59 Å². The number of rotatable bonds is 3. The highest BCUT2D eigenvalue weighted by atomic mass is 35.5. The fourth-order valence-electron chi connectivity index (χ4n) is 3.36. The maximum Gasteiger partial charge on any atom is 0.338 e. The highest BCUT2D eigenvalue weighted by Crippen LogP contribution is 2.32. The number of halogens is 1. The summed E-state index contributed by atoms with van der Waals surface area (Å²) in [4.78, 5) is 24.6. The second-order valence-corrected chi connectivity index (χ2v) is 6.91. The third-order valence-corrected chi connectivity index (χ3v) is 4.99. The average molecular weight is 349 g/mol. The first-order valence-corrected chi connectivity index (χ1v) is 8.58. The number of benzene rings is 1. The molecule has 128 valence electrons. The summed E-state index contributed by atoms with van der Waals surface area (Å²) in [6, 6.07) is 6.21. The molecular formula is C18H21ClN2O3. The van der Waals surface area contributed by atoms with E-state index < -0.39 is 6.04 Å². The van der Waals surface area contributed by atoms with Crippen LogP contribution >= 0.6 is 11.6 Å². The van der Waals surface area contributed by atoms with Crippen LogP contribution in [0.2, 0.25) is 5.02 Å². The molecule has 1 saturated carbocycles. The molecule has 0 aromatic heterocycles. The van der Waals surface area contributed by atoms with Gasteiger partial charge in [0.05, 0.1) is 11.6 Å². The van der Waals surface area contributed by atoms with Gasteiger partial charge in [-0.2, -0.15) is 0 Å². The van der Waals surface area contributed by atoms with Gasteiger partial charge in [0.2, 0.25) is 0 Å². The van der Waals surface area contributed by atoms with E-state index in [1.165, 1.54) is 0 Å². The molecule has 0 bridgehead atoms. The molecule has 0 radical (unpaired) electrons. The Balaban J connectivity index is 1.88. The zero-order valence-electron chi connectivity index (χ0n) is 13.8. The van der Waals surface area contributed by atoms with E-state index in [-0.39, 0.29) is 18.1 Å². The number of allylic oxidation sites excluding steroid dienone is 1. The van der Waals surface area contributed by atoms with Crippen LogP contribution in [0.5, 0.6) is 0 Å². The van der Waals surface area contributed by atoms with Crippen LogP contribution in [0.3, 0.4) is 0 Å². The first-order valence-electron chi connectivity index (χ1n) is 8.20. The predicted molar refractivity (Wildman–Crippen MR) is 91.5 cm³/mol. The van der Waals surface area contributed by atoms with Crippen molar-refractivity contribution in [3.8, 4) is 0 Å². The Morgan fingerprint density at radius 3 is 2.58 bits per heavy atom. The van der Waals surface area contributed by atoms with Crippen LogP contribution in [0, 0.1) is 5.92 Å². The molecule has 1 fully saturated rings. The number of hydrogen-bond donors (Lipinski definition) is 2. The molecule has 6 heteroatoms. The van der Waals surface area contributed by atoms with Gasteiger partial charge in [-0.1, -0.05) is 30.7 Å². The molecule has 3 rings (SSSR count). The number of carbonyl (C=O) groups excluding carboxylic acids is 2. The number of nitrogens with one attached hydrogen (secondary N) is 2. The Morgan fingerprint density at radius 2 is 1.96 bits per heavy atom. The van der Waals surface area contributed by atoms with Crippen molar-refractivity contribution in [1.82, 2.24) is 10.6 Å². The molecule has 24 heavy (non-hydrogen) atoms. The van der Waals surface area contributed by atoms with Crippen LogP contribution in [0.15, 0.2) is 35.5 Å². The van der Waals surface area contributed by atoms with Gasteiger partial charge in [-0.3, -0.25) is 0 Å². The van der Waals surface area contributed by atoms with Crippen molar-refractivity contribution in [2.75, 3.05) is 0 Å². The first kappa shape index (κ1) is 16.8. The molecule has 0 spiro atoms. The summed E-state index contributed by atoms with van der Waals surface area (Å²) in [6.07, 6.45) is 2.99. The number of ether oxygens (including phenoxy) is 1. The average Bonchev–Trinajstić information content (AvgIpc) is 2.92. The largest absolute Gasteiger partial charge is 0.459 e. The van der Waals surface area contributed by atoms with Crippen molar-refractivity contribution >= 4 is 23.6 Å². The summed E-state index contributed by atoms with van der Waals surface area (Å²) in [5, 5.41) is 6.06. The Morgan fingerprint density at radius 1 is 1.25 bits per heavy atom. The summed E-state index contributed by atoms with van der Waals surface area (Å²) in [6.45, 7) is 3.82. The van der Waals surface area contributed by atoms with Crippen molar-refractivity contribution in [2.45, 2.75) is 45.3 Å². The Kier molecular flexibility index (Phi) is 4.81. The number of esters is 1. The van der Waals surface area contributed by atoms with Gasteiger partial charge in [-0.05, 0) is 49.8 Å². The van der Waals surface area contributed by atoms with Crippen molar-refractivity contribution in [3.63, 3.8) is 0 Å². The molecule has 1 aromatic carbocycles. The monoisotopic (exact) mass is 348 g/mol. The lowest BCUT2D eigenvalue weighted by molar-refractivity contribution is -0.146. The van der Waals surface area contributed by atoms with E-state index in [0.717, 1.165) is 24.8 Å². The van der Waals surface area contributed by atoms with Crippen molar-refractivity contribution < 1.29 is 14.3 Å². The number of amides is 2. The molecule has 0 unspecified atom stereocenters. The highest BCUT2D eigenvalue weighted by Gasteiger charge is 2.35. The van der Waals surface area contributed by atoms with E-state index in [1.54, 1.807) is 31.2 Å². The SMILES string of the molecule is CC1=C(C(=O)O[C@@H]2CCC[C@@H]2C)[C@@H](c2ccc(Cl)cc2)NC(=O)N1. The van der Waals surface area contributed by atoms with Gasteiger partial charge in [-0.25, -0.2) is 9.59 Å². The zero-order valence-corrected chi connectivity index (χ0v) is 14.5. The zero-order chi connectivity index (χ0) is 17.3. The fraction of sp³-hybridized carbons (Fsp3) is 0.444. The van der Waals surface area contributed by atoms with Gasteiger partial charge in [0.25, 0.3) is 0 Å². The maximum atomic E-state index is 12.8. The summed E-state index contributed by atoms with van der Waals surface area (Å²) in [5.41, 5.74) is 1.75. The summed E-state index contributed by atoms with van der Waals surface area (Å²) < 4.78 is 5.73. The van der Waals surface area contributed by atoms with Crippen LogP contribution in [-0.4, -0.2) is 18.1 Å². The molecule has 1 heterocycles. The molecule has 3 atom stereocenters. The Labute approximate surface area is 146 Å². The maximum absolute atomic E-state index is 12.8. The van der Waals surface area contributed by atoms with Crippen LogP contribution in [0.4, 0.5) is 4.79 Å². The van der Waals surface area contributed by atoms with E-state index in [0.29, 0.717) is 22.2 Å². The minimum atomic E-state index is -0.541. The van der Waals surface area contributed by atoms with E-state index >= 15 is 0 Å². The van der Waals surface area contributed by atoms with Gasteiger partial charge >= 0.3 is 12.0 Å². The van der Waals surface area contributed by atoms with Gasteiger partial charge in [-0.15, -0.1) is 0 Å². The Bertz CT molecular complexity index is 684. The third-order valence-electron chi connectivity index (χ3n) is 4.73. The third kappa shape index (κ3) is 3.41. The quantitative estimate of drug-likeness (QED) is 0.818. The Hall–Kier alpha value is -2.01. The molecule has 1 aliphatic carbocycles. The summed E-state index contributed by atoms with van der Waals surface area (Å²) in [7, 11) is 0. The van der Waals surface area contributed by atoms with Gasteiger partial charge in [0.1, 0.15) is 6.10 Å². The highest BCUT2D eigenvalue weighted by molar-refractivity contribution is 6.30. The van der Waals surface area contributed by atoms with E-state index in [1.807, 2.05) is 0 Å². The number of hydrogen-bond acceptors (Lipinski definition) is 3. The van der Waals surface area contributed by atoms with Gasteiger partial charge < -0.3 is 15.4 Å². The molecule has 1 aromatic rings. The minimum absolute atomic E-state index is 0.0544. The molecule has 2 amide bonds. The van der Waals surface area contributed by atoms with Gasteiger partial charge in [0.15, 0.2) is 0 Å². The van der Waals surface area contributed by atoms with Crippen molar-refractivity contribution in [1.29, 1.82) is 0 Å². The lowest BCUT2D eigenvalue weighted by atomic mass is 9.95. The van der Waals surface area contributed by atoms with Crippen LogP contribution < -0.4 is 10.6 Å². The number of urea groups is 1. The van der Waals surface area contributed by atoms with Crippen molar-refractivity contribution in [3.05, 3.63) is 46.1 Å². The standard InChI is InChI=1S/C18H21ClN2O3/c1-10-4-3-5-14(10)24-17(22)15-11(2)20-18(23)21-16(15)12-6-8-13(19)9-7-12/h6-10,14,16H,3-5H2,1-2H3,(H2,20,21,23)/t10-,14+,16+/m0/s1. The van der Waals surface area contributed by atoms with Gasteiger partial charge in [0, 0.05) is 10.7 Å². The summed E-state index contributed by atoms with van der Waals surface area (Å²) >= 11 is 5.93. The molecule has 2 N–H and O–H groups in total. The lowest BCUT2D eigenvalue weighted by Crippen LogP contribution is -2.45. The molecule has 2 aliphatic rings. The second-order valence-electron chi connectivity index (χ2n) is 6.47. The topological polar surface area (TPSA) is 67.4 Å². The van der Waals surface area contributed by atoms with Crippen LogP contribution in [-0.2, 0) is 9.53 Å². The van der Waals surface area contributed by atoms with E-state index in [4.69, 9.17) is 16.3 Å². The predicted octanol–water partition coefficient (Wildman–Crippen LogP) is 3.70. The fourth-order valence-corrected chi connectivity index (χ4v) is 3.48. The van der Waals surface area contributed by atoms with Crippen molar-refractivity contribution in [2.24, 2.45) is 5.92 Å². The molecule has 1 aliphatic heterocycles. The smallest absolute Gasteiger partial charge is 0.338 e. The molecule has 5 nitrogen and oxygen atoms in total. The minimum Gasteiger partial charge on any atom is -0.459 e. The van der Waals surface area contributed by atoms with E-state index in [2.05, 4.69) is 17.6 Å².